The van der Waals surface area contributed by atoms with Crippen molar-refractivity contribution in [1.82, 2.24) is 5.01 Å². The lowest BCUT2D eigenvalue weighted by molar-refractivity contribution is -0.137. The minimum atomic E-state index is -4.64. The minimum absolute atomic E-state index is 0.176. The number of nitrogens with zero attached hydrogens (tertiary/aromatic N) is 3. The van der Waals surface area contributed by atoms with Crippen molar-refractivity contribution in [3.8, 4) is 5.75 Å². The molecule has 0 radical (unpaired) electrons. The van der Waals surface area contributed by atoms with Crippen molar-refractivity contribution in [3.63, 3.8) is 0 Å². The molecule has 0 bridgehead atoms. The SMILES string of the molecule is COc1ccc(C(=O)[C@H]2[C@H]3C(=O)N(c4cccc(C(F)(F)F)c4)C(=O)[C@H]3[C@H]3C=CC=NN32)cc1. The monoisotopic (exact) mass is 469 g/mol. The number of hydrogen-bond donors (Lipinski definition) is 0. The molecular formula is C24H18F3N3O4. The minimum Gasteiger partial charge on any atom is -0.497 e. The summed E-state index contributed by atoms with van der Waals surface area (Å²) in [4.78, 5) is 41.2. The standard InChI is InChI=1S/C24H18F3N3O4/c1-34-16-9-7-13(8-10-16)21(31)20-19-18(17-6-3-11-28-30(17)20)22(32)29(23(19)33)15-5-2-4-14(12-15)24(25,26)27/h2-12,17-20H,1H3/t17-,18+,19+,20-/m1/s1. The van der Waals surface area contributed by atoms with Crippen LogP contribution in [0.1, 0.15) is 15.9 Å². The average molecular weight is 469 g/mol. The lowest BCUT2D eigenvalue weighted by Crippen LogP contribution is -2.46. The summed E-state index contributed by atoms with van der Waals surface area (Å²) in [5.41, 5.74) is -0.852. The van der Waals surface area contributed by atoms with E-state index < -0.39 is 53.3 Å². The number of anilines is 1. The number of rotatable bonds is 4. The van der Waals surface area contributed by atoms with Crippen LogP contribution in [0.4, 0.5) is 18.9 Å². The van der Waals surface area contributed by atoms with Gasteiger partial charge in [0.15, 0.2) is 5.78 Å². The predicted octanol–water partition coefficient (Wildman–Crippen LogP) is 3.31. The van der Waals surface area contributed by atoms with Crippen LogP contribution in [0.15, 0.2) is 65.8 Å². The van der Waals surface area contributed by atoms with Gasteiger partial charge in [0.1, 0.15) is 11.8 Å². The molecule has 174 valence electrons. The fourth-order valence-corrected chi connectivity index (χ4v) is 4.84. The molecule has 4 atom stereocenters. The smallest absolute Gasteiger partial charge is 0.416 e. The number of imide groups is 1. The maximum Gasteiger partial charge on any atom is 0.416 e. The Morgan fingerprint density at radius 1 is 1.03 bits per heavy atom. The summed E-state index contributed by atoms with van der Waals surface area (Å²) in [5, 5.41) is 5.70. The van der Waals surface area contributed by atoms with Crippen LogP contribution in [0.2, 0.25) is 0 Å². The highest BCUT2D eigenvalue weighted by atomic mass is 19.4. The van der Waals surface area contributed by atoms with Gasteiger partial charge in [-0.3, -0.25) is 19.4 Å². The number of halogens is 3. The van der Waals surface area contributed by atoms with Gasteiger partial charge in [0.25, 0.3) is 0 Å². The Balaban J connectivity index is 1.55. The average Bonchev–Trinajstić information content (AvgIpc) is 3.31. The third-order valence-corrected chi connectivity index (χ3v) is 6.37. The van der Waals surface area contributed by atoms with E-state index in [1.165, 1.54) is 24.4 Å². The van der Waals surface area contributed by atoms with Crippen molar-refractivity contribution in [1.29, 1.82) is 0 Å². The van der Waals surface area contributed by atoms with Crippen LogP contribution >= 0.6 is 0 Å². The van der Waals surface area contributed by atoms with E-state index >= 15 is 0 Å². The van der Waals surface area contributed by atoms with Crippen molar-refractivity contribution in [3.05, 3.63) is 71.8 Å². The van der Waals surface area contributed by atoms with Gasteiger partial charge in [-0.1, -0.05) is 12.1 Å². The van der Waals surface area contributed by atoms with Gasteiger partial charge >= 0.3 is 6.18 Å². The third kappa shape index (κ3) is 3.28. The van der Waals surface area contributed by atoms with Crippen molar-refractivity contribution in [2.75, 3.05) is 12.0 Å². The third-order valence-electron chi connectivity index (χ3n) is 6.37. The molecule has 10 heteroatoms. The van der Waals surface area contributed by atoms with E-state index in [2.05, 4.69) is 5.10 Å². The molecule has 2 aromatic carbocycles. The van der Waals surface area contributed by atoms with Crippen LogP contribution in [-0.2, 0) is 15.8 Å². The normalized spacial score (nSPS) is 25.5. The Kier molecular flexibility index (Phi) is 5.03. The second-order valence-corrected chi connectivity index (χ2v) is 8.17. The van der Waals surface area contributed by atoms with E-state index in [0.717, 1.165) is 23.1 Å². The first-order chi connectivity index (χ1) is 16.2. The largest absolute Gasteiger partial charge is 0.497 e. The molecule has 0 unspecified atom stereocenters. The first-order valence-electron chi connectivity index (χ1n) is 10.4. The maximum atomic E-state index is 13.5. The van der Waals surface area contributed by atoms with E-state index in [9.17, 15) is 27.6 Å². The van der Waals surface area contributed by atoms with Crippen molar-refractivity contribution < 1.29 is 32.3 Å². The van der Waals surface area contributed by atoms with E-state index in [1.807, 2.05) is 0 Å². The fraction of sp³-hybridized carbons (Fsp3) is 0.250. The van der Waals surface area contributed by atoms with E-state index in [0.29, 0.717) is 11.3 Å². The van der Waals surface area contributed by atoms with Gasteiger partial charge in [0, 0.05) is 11.8 Å². The summed E-state index contributed by atoms with van der Waals surface area (Å²) >= 11 is 0. The Labute approximate surface area is 192 Å². The molecule has 3 aliphatic heterocycles. The lowest BCUT2D eigenvalue weighted by Gasteiger charge is -2.30. The van der Waals surface area contributed by atoms with Crippen molar-refractivity contribution in [2.24, 2.45) is 16.9 Å². The molecule has 3 heterocycles. The van der Waals surface area contributed by atoms with Crippen LogP contribution in [0, 0.1) is 11.8 Å². The zero-order valence-electron chi connectivity index (χ0n) is 17.8. The van der Waals surface area contributed by atoms with E-state index in [4.69, 9.17) is 4.74 Å². The molecular weight excluding hydrogens is 451 g/mol. The Hall–Kier alpha value is -3.95. The van der Waals surface area contributed by atoms with Gasteiger partial charge in [-0.25, -0.2) is 4.90 Å². The topological polar surface area (TPSA) is 79.3 Å². The predicted molar refractivity (Wildman–Crippen MR) is 115 cm³/mol. The maximum absolute atomic E-state index is 13.5. The van der Waals surface area contributed by atoms with Crippen LogP contribution in [0.3, 0.4) is 0 Å². The number of methoxy groups -OCH3 is 1. The zero-order chi connectivity index (χ0) is 24.2. The van der Waals surface area contributed by atoms with Gasteiger partial charge in [0.2, 0.25) is 11.8 Å². The molecule has 2 aromatic rings. The summed E-state index contributed by atoms with van der Waals surface area (Å²) in [7, 11) is 1.49. The highest BCUT2D eigenvalue weighted by molar-refractivity contribution is 6.24. The number of hydrogen-bond acceptors (Lipinski definition) is 6. The highest BCUT2D eigenvalue weighted by Crippen LogP contribution is 2.46. The highest BCUT2D eigenvalue weighted by Gasteiger charge is 2.64. The molecule has 3 aliphatic rings. The Morgan fingerprint density at radius 2 is 1.74 bits per heavy atom. The van der Waals surface area contributed by atoms with Gasteiger partial charge in [-0.2, -0.15) is 18.3 Å². The van der Waals surface area contributed by atoms with Crippen molar-refractivity contribution in [2.45, 2.75) is 18.3 Å². The van der Waals surface area contributed by atoms with Crippen LogP contribution < -0.4 is 9.64 Å². The summed E-state index contributed by atoms with van der Waals surface area (Å²) in [5.74, 6) is -3.31. The number of allylic oxidation sites excluding steroid dienone is 1. The first-order valence-corrected chi connectivity index (χ1v) is 10.4. The number of carbonyl (C=O) groups is 3. The molecule has 2 fully saturated rings. The number of Topliss-reactive ketones (excluding diaryl/α,β-unsaturated/α-hetero) is 1. The molecule has 2 amide bonds. The van der Waals surface area contributed by atoms with Crippen molar-refractivity contribution >= 4 is 29.5 Å². The van der Waals surface area contributed by atoms with Gasteiger partial charge in [-0.05, 0) is 48.5 Å². The molecule has 0 saturated carbocycles. The molecule has 34 heavy (non-hydrogen) atoms. The quantitative estimate of drug-likeness (QED) is 0.507. The van der Waals surface area contributed by atoms with Gasteiger partial charge in [-0.15, -0.1) is 0 Å². The number of alkyl halides is 3. The Bertz CT molecular complexity index is 1240. The second-order valence-electron chi connectivity index (χ2n) is 8.17. The number of fused-ring (bicyclic) bond motifs is 3. The molecule has 0 aromatic heterocycles. The zero-order valence-corrected chi connectivity index (χ0v) is 17.8. The molecule has 0 aliphatic carbocycles. The number of amides is 2. The summed E-state index contributed by atoms with van der Waals surface area (Å²) in [6, 6.07) is 8.61. The molecule has 0 spiro atoms. The molecule has 7 nitrogen and oxygen atoms in total. The van der Waals surface area contributed by atoms with Crippen LogP contribution in [0.5, 0.6) is 5.75 Å². The number of carbonyl (C=O) groups excluding carboxylic acids is 3. The fourth-order valence-electron chi connectivity index (χ4n) is 4.84. The van der Waals surface area contributed by atoms with Gasteiger partial charge in [0.05, 0.1) is 36.2 Å². The molecule has 2 saturated heterocycles. The number of ketones is 1. The van der Waals surface area contributed by atoms with E-state index in [-0.39, 0.29) is 5.69 Å². The second kappa shape index (κ2) is 7.82. The van der Waals surface area contributed by atoms with Crippen LogP contribution in [0.25, 0.3) is 0 Å². The van der Waals surface area contributed by atoms with Gasteiger partial charge < -0.3 is 4.74 Å². The van der Waals surface area contributed by atoms with Crippen LogP contribution in [-0.4, -0.2) is 48.0 Å². The number of benzene rings is 2. The summed E-state index contributed by atoms with van der Waals surface area (Å²) in [6.07, 6.45) is 0.115. The molecule has 5 rings (SSSR count). The number of hydrazone groups is 1. The van der Waals surface area contributed by atoms with E-state index in [1.54, 1.807) is 36.4 Å². The Morgan fingerprint density at radius 3 is 2.41 bits per heavy atom. The summed E-state index contributed by atoms with van der Waals surface area (Å²) < 4.78 is 44.8. The lowest BCUT2D eigenvalue weighted by atomic mass is 9.86. The number of ether oxygens (including phenoxy) is 1. The first kappa shape index (κ1) is 21.9. The molecule has 0 N–H and O–H groups in total. The summed E-state index contributed by atoms with van der Waals surface area (Å²) in [6.45, 7) is 0.